The van der Waals surface area contributed by atoms with E-state index in [0.29, 0.717) is 5.71 Å². The normalized spacial score (nSPS) is 11.3. The van der Waals surface area contributed by atoms with E-state index >= 15 is 0 Å². The molecule has 4 nitrogen and oxygen atoms in total. The van der Waals surface area contributed by atoms with Gasteiger partial charge in [-0.1, -0.05) is 22.4 Å². The number of fused-ring (bicyclic) bond motifs is 3. The zero-order chi connectivity index (χ0) is 7.97. The van der Waals surface area contributed by atoms with Gasteiger partial charge in [-0.3, -0.25) is 5.10 Å². The molecule has 3 aromatic rings. The van der Waals surface area contributed by atoms with Gasteiger partial charge >= 0.3 is 0 Å². The predicted octanol–water partition coefficient (Wildman–Crippen LogP) is 1.70. The van der Waals surface area contributed by atoms with Crippen LogP contribution in [0.25, 0.3) is 22.2 Å². The molecule has 3 rings (SSSR count). The molecule has 0 saturated carbocycles. The van der Waals surface area contributed by atoms with E-state index < -0.39 is 0 Å². The molecular weight excluding hydrogens is 154 g/mol. The van der Waals surface area contributed by atoms with Gasteiger partial charge in [-0.05, 0) is 12.1 Å². The minimum atomic E-state index is 0.566. The molecule has 0 aliphatic rings. The fourth-order valence-corrected chi connectivity index (χ4v) is 1.33. The van der Waals surface area contributed by atoms with Gasteiger partial charge in [0, 0.05) is 5.39 Å². The summed E-state index contributed by atoms with van der Waals surface area (Å²) in [4.78, 5) is 0. The molecule has 0 amide bonds. The second kappa shape index (κ2) is 1.85. The van der Waals surface area contributed by atoms with E-state index in [1.54, 1.807) is 0 Å². The molecule has 2 aromatic heterocycles. The average molecular weight is 159 g/mol. The minimum Gasteiger partial charge on any atom is -0.435 e. The second-order valence-electron chi connectivity index (χ2n) is 2.59. The van der Waals surface area contributed by atoms with Gasteiger partial charge in [0.25, 0.3) is 5.71 Å². The Labute approximate surface area is 67.2 Å². The summed E-state index contributed by atoms with van der Waals surface area (Å²) in [7, 11) is 0. The van der Waals surface area contributed by atoms with Gasteiger partial charge in [-0.2, -0.15) is 0 Å². The van der Waals surface area contributed by atoms with Crippen LogP contribution in [0.15, 0.2) is 28.7 Å². The second-order valence-corrected chi connectivity index (χ2v) is 2.59. The largest absolute Gasteiger partial charge is 0.435 e. The number of aromatic amines is 1. The molecule has 2 heterocycles. The SMILES string of the molecule is c1ccc2c(c1)oc1nn[nH]c12. The van der Waals surface area contributed by atoms with Crippen LogP contribution in [0.1, 0.15) is 0 Å². The highest BCUT2D eigenvalue weighted by molar-refractivity contribution is 6.00. The van der Waals surface area contributed by atoms with E-state index in [1.807, 2.05) is 24.3 Å². The van der Waals surface area contributed by atoms with Gasteiger partial charge in [0.2, 0.25) is 0 Å². The van der Waals surface area contributed by atoms with E-state index in [9.17, 15) is 0 Å². The Hall–Kier alpha value is -1.84. The summed E-state index contributed by atoms with van der Waals surface area (Å²) >= 11 is 0. The van der Waals surface area contributed by atoms with Crippen molar-refractivity contribution in [1.82, 2.24) is 15.4 Å². The monoisotopic (exact) mass is 159 g/mol. The van der Waals surface area contributed by atoms with Crippen LogP contribution in [0.5, 0.6) is 0 Å². The molecule has 58 valence electrons. The van der Waals surface area contributed by atoms with Gasteiger partial charge in [-0.15, -0.1) is 0 Å². The Kier molecular flexibility index (Phi) is 0.889. The maximum Gasteiger partial charge on any atom is 0.266 e. The molecule has 1 N–H and O–H groups in total. The van der Waals surface area contributed by atoms with E-state index in [2.05, 4.69) is 15.4 Å². The van der Waals surface area contributed by atoms with Crippen molar-refractivity contribution in [2.75, 3.05) is 0 Å². The van der Waals surface area contributed by atoms with Crippen molar-refractivity contribution in [3.8, 4) is 0 Å². The van der Waals surface area contributed by atoms with Crippen molar-refractivity contribution in [2.24, 2.45) is 0 Å². The highest BCUT2D eigenvalue weighted by atomic mass is 16.3. The van der Waals surface area contributed by atoms with E-state index in [4.69, 9.17) is 4.42 Å². The van der Waals surface area contributed by atoms with Crippen molar-refractivity contribution in [3.63, 3.8) is 0 Å². The Balaban J connectivity index is 2.68. The highest BCUT2D eigenvalue weighted by Crippen LogP contribution is 2.24. The number of furan rings is 1. The summed E-state index contributed by atoms with van der Waals surface area (Å²) in [6.07, 6.45) is 0. The lowest BCUT2D eigenvalue weighted by atomic mass is 10.2. The number of hydrogen-bond donors (Lipinski definition) is 1. The fraction of sp³-hybridized carbons (Fsp3) is 0. The van der Waals surface area contributed by atoms with Crippen LogP contribution in [0, 0.1) is 0 Å². The summed E-state index contributed by atoms with van der Waals surface area (Å²) in [6, 6.07) is 7.77. The molecule has 4 heteroatoms. The number of nitrogens with one attached hydrogen (secondary N) is 1. The smallest absolute Gasteiger partial charge is 0.266 e. The van der Waals surface area contributed by atoms with E-state index in [0.717, 1.165) is 16.5 Å². The topological polar surface area (TPSA) is 54.7 Å². The summed E-state index contributed by atoms with van der Waals surface area (Å²) in [5, 5.41) is 11.2. The Morgan fingerprint density at radius 3 is 3.17 bits per heavy atom. The van der Waals surface area contributed by atoms with Crippen LogP contribution in [0.2, 0.25) is 0 Å². The summed E-state index contributed by atoms with van der Waals surface area (Å²) in [5.41, 5.74) is 2.27. The molecule has 12 heavy (non-hydrogen) atoms. The lowest BCUT2D eigenvalue weighted by Gasteiger charge is -1.83. The third-order valence-electron chi connectivity index (χ3n) is 1.88. The molecule has 0 unspecified atom stereocenters. The molecule has 0 aliphatic heterocycles. The highest BCUT2D eigenvalue weighted by Gasteiger charge is 2.07. The molecule has 0 bridgehead atoms. The van der Waals surface area contributed by atoms with Crippen molar-refractivity contribution in [2.45, 2.75) is 0 Å². The number of benzene rings is 1. The van der Waals surface area contributed by atoms with Gasteiger partial charge in [0.15, 0.2) is 0 Å². The molecule has 0 fully saturated rings. The van der Waals surface area contributed by atoms with E-state index in [-0.39, 0.29) is 0 Å². The third kappa shape index (κ3) is 0.567. The zero-order valence-electron chi connectivity index (χ0n) is 6.11. The molecule has 0 aliphatic carbocycles. The van der Waals surface area contributed by atoms with Crippen molar-refractivity contribution in [1.29, 1.82) is 0 Å². The first-order valence-electron chi connectivity index (χ1n) is 3.63. The Morgan fingerprint density at radius 2 is 2.17 bits per heavy atom. The van der Waals surface area contributed by atoms with Crippen LogP contribution in [0.3, 0.4) is 0 Å². The summed E-state index contributed by atoms with van der Waals surface area (Å²) in [6.45, 7) is 0. The number of hydrogen-bond acceptors (Lipinski definition) is 3. The molecule has 1 aromatic carbocycles. The molecule has 0 atom stereocenters. The number of H-pyrrole nitrogens is 1. The summed E-state index contributed by atoms with van der Waals surface area (Å²) < 4.78 is 5.39. The maximum absolute atomic E-state index is 5.39. The van der Waals surface area contributed by atoms with Gasteiger partial charge in [0.05, 0.1) is 0 Å². The number of aromatic nitrogens is 3. The van der Waals surface area contributed by atoms with E-state index in [1.165, 1.54) is 0 Å². The van der Waals surface area contributed by atoms with Crippen molar-refractivity contribution in [3.05, 3.63) is 24.3 Å². The van der Waals surface area contributed by atoms with Crippen LogP contribution < -0.4 is 0 Å². The van der Waals surface area contributed by atoms with Crippen LogP contribution >= 0.6 is 0 Å². The van der Waals surface area contributed by atoms with Gasteiger partial charge < -0.3 is 4.42 Å². The minimum absolute atomic E-state index is 0.566. The van der Waals surface area contributed by atoms with Crippen LogP contribution in [-0.4, -0.2) is 15.4 Å². The zero-order valence-corrected chi connectivity index (χ0v) is 6.11. The van der Waals surface area contributed by atoms with Crippen molar-refractivity contribution >= 4 is 22.2 Å². The molecule has 0 spiro atoms. The Morgan fingerprint density at radius 1 is 1.25 bits per heavy atom. The first-order chi connectivity index (χ1) is 5.95. The fourth-order valence-electron chi connectivity index (χ4n) is 1.33. The van der Waals surface area contributed by atoms with Crippen molar-refractivity contribution < 1.29 is 4.42 Å². The molecule has 0 saturated heterocycles. The predicted molar refractivity (Wildman–Crippen MR) is 43.7 cm³/mol. The number of nitrogens with zero attached hydrogens (tertiary/aromatic N) is 2. The van der Waals surface area contributed by atoms with Gasteiger partial charge in [0.1, 0.15) is 11.1 Å². The summed E-state index contributed by atoms with van der Waals surface area (Å²) in [5.74, 6) is 0. The van der Waals surface area contributed by atoms with Crippen LogP contribution in [-0.2, 0) is 0 Å². The van der Waals surface area contributed by atoms with Crippen LogP contribution in [0.4, 0.5) is 0 Å². The quantitative estimate of drug-likeness (QED) is 0.543. The Bertz CT molecular complexity index is 536. The standard InChI is InChI=1S/C8H5N3O/c1-2-4-6-5(3-1)7-8(12-6)10-11-9-7/h1-4H,(H,9,10,11). The first kappa shape index (κ1) is 5.77. The maximum atomic E-state index is 5.39. The third-order valence-corrected chi connectivity index (χ3v) is 1.88. The number of rotatable bonds is 0. The lowest BCUT2D eigenvalue weighted by molar-refractivity contribution is 0.648. The molecular formula is C8H5N3O. The number of para-hydroxylation sites is 1. The average Bonchev–Trinajstić information content (AvgIpc) is 2.62. The lowest BCUT2D eigenvalue weighted by Crippen LogP contribution is -1.69. The van der Waals surface area contributed by atoms with Gasteiger partial charge in [-0.25, -0.2) is 0 Å². The molecule has 0 radical (unpaired) electrons. The first-order valence-corrected chi connectivity index (χ1v) is 3.63.